The summed E-state index contributed by atoms with van der Waals surface area (Å²) in [5, 5.41) is 3.75. The van der Waals surface area contributed by atoms with Gasteiger partial charge < -0.3 is 10.1 Å². The van der Waals surface area contributed by atoms with Crippen molar-refractivity contribution >= 4 is 0 Å². The van der Waals surface area contributed by atoms with Crippen LogP contribution in [-0.4, -0.2) is 13.7 Å². The number of ether oxygens (including phenoxy) is 1. The van der Waals surface area contributed by atoms with Gasteiger partial charge in [-0.05, 0) is 43.0 Å². The molecule has 2 rings (SSSR count). The minimum Gasteiger partial charge on any atom is -0.497 e. The zero-order chi connectivity index (χ0) is 14.9. The van der Waals surface area contributed by atoms with Gasteiger partial charge in [0.2, 0.25) is 0 Å². The van der Waals surface area contributed by atoms with E-state index in [1.165, 1.54) is 56.9 Å². The number of rotatable bonds is 7. The SMILES string of the molecule is CCCNC(CC1CCCCCC1)c1ccc(OC)cc1. The second-order valence-corrected chi connectivity index (χ2v) is 6.37. The maximum absolute atomic E-state index is 5.28. The molecule has 0 aromatic heterocycles. The summed E-state index contributed by atoms with van der Waals surface area (Å²) in [6.07, 6.45) is 11.0. The molecule has 1 N–H and O–H groups in total. The van der Waals surface area contributed by atoms with Crippen LogP contribution in [0.3, 0.4) is 0 Å². The van der Waals surface area contributed by atoms with Gasteiger partial charge >= 0.3 is 0 Å². The topological polar surface area (TPSA) is 21.3 Å². The third-order valence-corrected chi connectivity index (χ3v) is 4.70. The van der Waals surface area contributed by atoms with Crippen molar-refractivity contribution in [3.05, 3.63) is 29.8 Å². The first kappa shape index (κ1) is 16.4. The van der Waals surface area contributed by atoms with E-state index in [-0.39, 0.29) is 0 Å². The van der Waals surface area contributed by atoms with E-state index in [2.05, 4.69) is 36.5 Å². The van der Waals surface area contributed by atoms with Gasteiger partial charge in [0.25, 0.3) is 0 Å². The van der Waals surface area contributed by atoms with Crippen molar-refractivity contribution in [2.75, 3.05) is 13.7 Å². The summed E-state index contributed by atoms with van der Waals surface area (Å²) in [6.45, 7) is 3.34. The quantitative estimate of drug-likeness (QED) is 0.705. The maximum atomic E-state index is 5.28. The van der Waals surface area contributed by atoms with Gasteiger partial charge in [-0.1, -0.05) is 57.6 Å². The third kappa shape index (κ3) is 5.35. The molecule has 0 aliphatic heterocycles. The van der Waals surface area contributed by atoms with Gasteiger partial charge in [0.05, 0.1) is 7.11 Å². The summed E-state index contributed by atoms with van der Waals surface area (Å²) in [4.78, 5) is 0. The molecule has 1 atom stereocenters. The van der Waals surface area contributed by atoms with Gasteiger partial charge in [-0.3, -0.25) is 0 Å². The zero-order valence-corrected chi connectivity index (χ0v) is 13.7. The lowest BCUT2D eigenvalue weighted by Crippen LogP contribution is -2.24. The number of hydrogen-bond acceptors (Lipinski definition) is 2. The Morgan fingerprint density at radius 3 is 2.33 bits per heavy atom. The van der Waals surface area contributed by atoms with Gasteiger partial charge in [-0.15, -0.1) is 0 Å². The van der Waals surface area contributed by atoms with Gasteiger partial charge in [0, 0.05) is 6.04 Å². The van der Waals surface area contributed by atoms with E-state index in [0.717, 1.165) is 18.2 Å². The van der Waals surface area contributed by atoms with Gasteiger partial charge in [-0.2, -0.15) is 0 Å². The Bertz CT molecular complexity index is 379. The normalized spacial score (nSPS) is 18.2. The van der Waals surface area contributed by atoms with Crippen molar-refractivity contribution in [3.63, 3.8) is 0 Å². The van der Waals surface area contributed by atoms with E-state index in [0.29, 0.717) is 6.04 Å². The fourth-order valence-corrected chi connectivity index (χ4v) is 3.43. The molecular weight excluding hydrogens is 258 g/mol. The van der Waals surface area contributed by atoms with Gasteiger partial charge in [-0.25, -0.2) is 0 Å². The first-order valence-corrected chi connectivity index (χ1v) is 8.70. The van der Waals surface area contributed by atoms with Crippen LogP contribution in [0.1, 0.15) is 69.9 Å². The highest BCUT2D eigenvalue weighted by molar-refractivity contribution is 5.29. The number of methoxy groups -OCH3 is 1. The van der Waals surface area contributed by atoms with E-state index >= 15 is 0 Å². The molecule has 0 spiro atoms. The van der Waals surface area contributed by atoms with Crippen LogP contribution >= 0.6 is 0 Å². The Hall–Kier alpha value is -1.02. The van der Waals surface area contributed by atoms with E-state index in [9.17, 15) is 0 Å². The monoisotopic (exact) mass is 289 g/mol. The van der Waals surface area contributed by atoms with Crippen LogP contribution in [0.4, 0.5) is 0 Å². The van der Waals surface area contributed by atoms with E-state index in [4.69, 9.17) is 4.74 Å². The minimum atomic E-state index is 0.499. The van der Waals surface area contributed by atoms with Crippen LogP contribution in [0.5, 0.6) is 5.75 Å². The Morgan fingerprint density at radius 1 is 1.10 bits per heavy atom. The molecule has 1 aliphatic carbocycles. The molecule has 1 saturated carbocycles. The average molecular weight is 289 g/mol. The number of benzene rings is 1. The smallest absolute Gasteiger partial charge is 0.118 e. The second kappa shape index (κ2) is 9.09. The Morgan fingerprint density at radius 2 is 1.76 bits per heavy atom. The van der Waals surface area contributed by atoms with Gasteiger partial charge in [0.15, 0.2) is 0 Å². The fourth-order valence-electron chi connectivity index (χ4n) is 3.43. The largest absolute Gasteiger partial charge is 0.497 e. The minimum absolute atomic E-state index is 0.499. The molecule has 0 heterocycles. The lowest BCUT2D eigenvalue weighted by atomic mass is 9.89. The first-order valence-electron chi connectivity index (χ1n) is 8.70. The van der Waals surface area contributed by atoms with Crippen molar-refractivity contribution < 1.29 is 4.74 Å². The summed E-state index contributed by atoms with van der Waals surface area (Å²) in [7, 11) is 1.73. The van der Waals surface area contributed by atoms with Crippen molar-refractivity contribution in [1.29, 1.82) is 0 Å². The van der Waals surface area contributed by atoms with Crippen molar-refractivity contribution in [2.45, 2.75) is 64.3 Å². The van der Waals surface area contributed by atoms with Crippen LogP contribution in [0.2, 0.25) is 0 Å². The Kier molecular flexibility index (Phi) is 7.08. The van der Waals surface area contributed by atoms with Crippen LogP contribution in [-0.2, 0) is 0 Å². The molecule has 0 amide bonds. The number of nitrogens with one attached hydrogen (secondary N) is 1. The molecule has 21 heavy (non-hydrogen) atoms. The molecule has 1 fully saturated rings. The summed E-state index contributed by atoms with van der Waals surface area (Å²) in [6, 6.07) is 9.12. The third-order valence-electron chi connectivity index (χ3n) is 4.70. The highest BCUT2D eigenvalue weighted by Gasteiger charge is 2.19. The molecule has 1 unspecified atom stereocenters. The van der Waals surface area contributed by atoms with Crippen molar-refractivity contribution in [1.82, 2.24) is 5.32 Å². The molecule has 1 aromatic rings. The molecule has 0 bridgehead atoms. The highest BCUT2D eigenvalue weighted by atomic mass is 16.5. The average Bonchev–Trinajstić information content (AvgIpc) is 2.80. The van der Waals surface area contributed by atoms with Crippen molar-refractivity contribution in [3.8, 4) is 5.75 Å². The van der Waals surface area contributed by atoms with Crippen LogP contribution in [0, 0.1) is 5.92 Å². The summed E-state index contributed by atoms with van der Waals surface area (Å²) >= 11 is 0. The standard InChI is InChI=1S/C19H31NO/c1-3-14-20-19(15-16-8-6-4-5-7-9-16)17-10-12-18(21-2)13-11-17/h10-13,16,19-20H,3-9,14-15H2,1-2H3. The zero-order valence-electron chi connectivity index (χ0n) is 13.7. The molecular formula is C19H31NO. The summed E-state index contributed by atoms with van der Waals surface area (Å²) < 4.78 is 5.28. The van der Waals surface area contributed by atoms with Crippen LogP contribution < -0.4 is 10.1 Å². The lowest BCUT2D eigenvalue weighted by Gasteiger charge is -2.24. The van der Waals surface area contributed by atoms with Crippen molar-refractivity contribution in [2.24, 2.45) is 5.92 Å². The molecule has 2 heteroatoms. The van der Waals surface area contributed by atoms with E-state index < -0.39 is 0 Å². The predicted molar refractivity (Wildman–Crippen MR) is 89.8 cm³/mol. The molecule has 0 radical (unpaired) electrons. The maximum Gasteiger partial charge on any atom is 0.118 e. The highest BCUT2D eigenvalue weighted by Crippen LogP contribution is 2.31. The van der Waals surface area contributed by atoms with Crippen LogP contribution in [0.25, 0.3) is 0 Å². The Labute approximate surface area is 130 Å². The lowest BCUT2D eigenvalue weighted by molar-refractivity contribution is 0.356. The predicted octanol–water partition coefficient (Wildman–Crippen LogP) is 5.10. The van der Waals surface area contributed by atoms with E-state index in [1.807, 2.05) is 0 Å². The molecule has 0 saturated heterocycles. The van der Waals surface area contributed by atoms with Gasteiger partial charge in [0.1, 0.15) is 5.75 Å². The summed E-state index contributed by atoms with van der Waals surface area (Å²) in [5.74, 6) is 1.84. The molecule has 1 aromatic carbocycles. The van der Waals surface area contributed by atoms with Crippen LogP contribution in [0.15, 0.2) is 24.3 Å². The summed E-state index contributed by atoms with van der Waals surface area (Å²) in [5.41, 5.74) is 1.41. The number of hydrogen-bond donors (Lipinski definition) is 1. The molecule has 118 valence electrons. The first-order chi connectivity index (χ1) is 10.3. The second-order valence-electron chi connectivity index (χ2n) is 6.37. The Balaban J connectivity index is 2.01. The van der Waals surface area contributed by atoms with E-state index in [1.54, 1.807) is 7.11 Å². The molecule has 1 aliphatic rings. The fraction of sp³-hybridized carbons (Fsp3) is 0.684. The molecule has 2 nitrogen and oxygen atoms in total.